The number of amides is 1. The van der Waals surface area contributed by atoms with Gasteiger partial charge in [0, 0.05) is 63.4 Å². The van der Waals surface area contributed by atoms with Crippen molar-refractivity contribution in [1.82, 2.24) is 19.6 Å². The summed E-state index contributed by atoms with van der Waals surface area (Å²) in [6, 6.07) is 19.4. The van der Waals surface area contributed by atoms with E-state index in [9.17, 15) is 28.4 Å². The van der Waals surface area contributed by atoms with Gasteiger partial charge < -0.3 is 39.4 Å². The van der Waals surface area contributed by atoms with Crippen LogP contribution in [0.1, 0.15) is 113 Å². The second-order valence-electron chi connectivity index (χ2n) is 22.5. The molecule has 0 bridgehead atoms. The number of fused-ring (bicyclic) bond motifs is 3. The third-order valence-corrected chi connectivity index (χ3v) is 18.5. The first-order valence-electron chi connectivity index (χ1n) is 26.2. The number of halogens is 1. The molecule has 17 nitrogen and oxygen atoms in total. The summed E-state index contributed by atoms with van der Waals surface area (Å²) in [5, 5.41) is 26.2. The number of hydrogen-bond donors (Lipinski definition) is 4. The smallest absolute Gasteiger partial charge is 0.293 e. The zero-order valence-corrected chi connectivity index (χ0v) is 43.4. The van der Waals surface area contributed by atoms with Gasteiger partial charge in [-0.2, -0.15) is 4.98 Å². The number of benzene rings is 3. The van der Waals surface area contributed by atoms with E-state index >= 15 is 4.39 Å². The minimum atomic E-state index is -4.69. The Kier molecular flexibility index (Phi) is 13.2. The number of pyridine rings is 1. The molecule has 74 heavy (non-hydrogen) atoms. The van der Waals surface area contributed by atoms with Crippen LogP contribution >= 0.6 is 0 Å². The number of aromatic amines is 1. The number of aryl methyl sites for hydroxylation is 1. The number of nitrogens with zero attached hydrogens (tertiary/aromatic N) is 5. The van der Waals surface area contributed by atoms with E-state index in [1.807, 2.05) is 30.9 Å². The van der Waals surface area contributed by atoms with Crippen LogP contribution in [0.3, 0.4) is 0 Å². The number of piperidine rings is 1. The van der Waals surface area contributed by atoms with E-state index in [2.05, 4.69) is 56.0 Å². The summed E-state index contributed by atoms with van der Waals surface area (Å²) in [5.74, 6) is -1.10. The standard InChI is InChI=1S/C55H67FN8O9S/c1-34-8-5-6-9-39(34)48-33-71-24-7-21-62(48)37-29-55(30-37)19-22-61(23-20-55)36-10-12-40(45(26-36)63-44-16-25-72-53(2,3)49(44)73-52-47(63)28-41-42(56)32-58-50(41)59-52)51(65)60-74(69,70)38-11-13-43(46(27-38)64(67)68)57-31-35-14-17-54(4,66)18-15-35/h5-6,8-13,26-28,32,35,37,44,48-49,57,66H,7,14-25,29-31,33H2,1-4H3,(H,58,59)(H,60,65)/t35?,44-,48-,49+,54?/m0/s1. The van der Waals surface area contributed by atoms with Gasteiger partial charge in [0.1, 0.15) is 34.5 Å². The maximum absolute atomic E-state index is 15.4. The molecule has 2 aliphatic carbocycles. The van der Waals surface area contributed by atoms with Crippen LogP contribution < -0.4 is 24.6 Å². The monoisotopic (exact) mass is 1030 g/mol. The maximum Gasteiger partial charge on any atom is 0.293 e. The Hall–Kier alpha value is -5.86. The third kappa shape index (κ3) is 9.58. The maximum atomic E-state index is 15.4. The van der Waals surface area contributed by atoms with Crippen LogP contribution in [0.5, 0.6) is 5.88 Å². The molecule has 6 aliphatic rings. The molecular formula is C55H67FN8O9S. The average Bonchev–Trinajstić information content (AvgIpc) is 3.54. The highest BCUT2D eigenvalue weighted by atomic mass is 32.2. The van der Waals surface area contributed by atoms with Gasteiger partial charge in [-0.25, -0.2) is 17.5 Å². The number of aliphatic hydroxyl groups is 1. The van der Waals surface area contributed by atoms with Crippen LogP contribution in [0.15, 0.2) is 77.8 Å². The molecule has 5 aromatic rings. The first kappa shape index (κ1) is 50.3. The molecule has 19 heteroatoms. The van der Waals surface area contributed by atoms with E-state index in [0.29, 0.717) is 56.4 Å². The predicted octanol–water partition coefficient (Wildman–Crippen LogP) is 9.07. The van der Waals surface area contributed by atoms with Gasteiger partial charge in [0.2, 0.25) is 5.88 Å². The fraction of sp³-hybridized carbons (Fsp3) is 0.527. The summed E-state index contributed by atoms with van der Waals surface area (Å²) < 4.78 is 65.2. The second kappa shape index (κ2) is 19.4. The Labute approximate surface area is 431 Å². The second-order valence-corrected chi connectivity index (χ2v) is 24.2. The number of nitro benzene ring substituents is 1. The molecule has 0 radical (unpaired) electrons. The zero-order chi connectivity index (χ0) is 51.7. The predicted molar refractivity (Wildman–Crippen MR) is 279 cm³/mol. The highest BCUT2D eigenvalue weighted by Gasteiger charge is 2.52. The summed E-state index contributed by atoms with van der Waals surface area (Å²) in [5.41, 5.74) is 2.86. The number of rotatable bonds is 11. The van der Waals surface area contributed by atoms with Gasteiger partial charge in [-0.1, -0.05) is 24.3 Å². The third-order valence-electron chi connectivity index (χ3n) is 17.2. The van der Waals surface area contributed by atoms with Gasteiger partial charge in [0.15, 0.2) is 0 Å². The Bertz CT molecular complexity index is 3070. The zero-order valence-electron chi connectivity index (χ0n) is 42.6. The summed E-state index contributed by atoms with van der Waals surface area (Å²) in [4.78, 5) is 40.7. The first-order chi connectivity index (χ1) is 35.4. The van der Waals surface area contributed by atoms with E-state index < -0.39 is 60.6 Å². The van der Waals surface area contributed by atoms with Crippen LogP contribution in [0, 0.1) is 34.2 Å². The van der Waals surface area contributed by atoms with E-state index in [-0.39, 0.29) is 45.5 Å². The molecule has 2 aromatic heterocycles. The molecule has 4 N–H and O–H groups in total. The molecule has 3 saturated heterocycles. The van der Waals surface area contributed by atoms with Gasteiger partial charge in [-0.3, -0.25) is 19.8 Å². The first-order valence-corrected chi connectivity index (χ1v) is 27.7. The van der Waals surface area contributed by atoms with Gasteiger partial charge in [0.25, 0.3) is 21.6 Å². The fourth-order valence-electron chi connectivity index (χ4n) is 12.8. The normalized spacial score (nSPS) is 26.1. The fourth-order valence-corrected chi connectivity index (χ4v) is 13.8. The Balaban J connectivity index is 0.894. The minimum Gasteiger partial charge on any atom is -0.468 e. The van der Waals surface area contributed by atoms with Crippen LogP contribution in [0.4, 0.5) is 32.8 Å². The topological polar surface area (TPSA) is 205 Å². The highest BCUT2D eigenvalue weighted by Crippen LogP contribution is 2.54. The number of carbonyl (C=O) groups is 1. The summed E-state index contributed by atoms with van der Waals surface area (Å²) in [7, 11) is -4.69. The van der Waals surface area contributed by atoms with Gasteiger partial charge in [-0.05, 0) is 151 Å². The van der Waals surface area contributed by atoms with Crippen molar-refractivity contribution in [3.63, 3.8) is 0 Å². The number of hydrogen-bond acceptors (Lipinski definition) is 14. The molecule has 6 heterocycles. The van der Waals surface area contributed by atoms with Crippen molar-refractivity contribution in [2.45, 2.75) is 132 Å². The van der Waals surface area contributed by atoms with E-state index in [0.717, 1.165) is 82.9 Å². The SMILES string of the molecule is Cc1ccccc1[C@@H]1COCCCN1C1CC2(CCN(c3ccc(C(=O)NS(=O)(=O)c4ccc(NCC5CCC(C)(O)CC5)c([N+](=O)[O-])c4)c(N4c5cc6c(F)c[nH]c6nc5O[C@@H]5[C@@H]4CCOC5(C)C)c3)CC2)C1. The van der Waals surface area contributed by atoms with Crippen molar-refractivity contribution < 1.29 is 41.8 Å². The lowest BCUT2D eigenvalue weighted by Gasteiger charge is -2.56. The Morgan fingerprint density at radius 3 is 2.50 bits per heavy atom. The molecule has 0 unspecified atom stereocenters. The molecule has 4 aliphatic heterocycles. The van der Waals surface area contributed by atoms with Gasteiger partial charge in [-0.15, -0.1) is 0 Å². The number of nitro groups is 1. The molecule has 11 rings (SSSR count). The minimum absolute atomic E-state index is 0.0158. The number of nitrogens with one attached hydrogen (secondary N) is 3. The molecule has 1 spiro atoms. The molecule has 5 fully saturated rings. The van der Waals surface area contributed by atoms with Crippen LogP contribution in [0.2, 0.25) is 0 Å². The highest BCUT2D eigenvalue weighted by molar-refractivity contribution is 7.90. The molecule has 3 atom stereocenters. The number of anilines is 4. The molecule has 1 amide bonds. The largest absolute Gasteiger partial charge is 0.468 e. The molecular weight excluding hydrogens is 968 g/mol. The lowest BCUT2D eigenvalue weighted by molar-refractivity contribution is -0.384. The van der Waals surface area contributed by atoms with Crippen LogP contribution in [-0.4, -0.2) is 115 Å². The average molecular weight is 1040 g/mol. The van der Waals surface area contributed by atoms with Crippen molar-refractivity contribution in [3.05, 3.63) is 106 Å². The molecule has 2 saturated carbocycles. The van der Waals surface area contributed by atoms with Crippen molar-refractivity contribution in [2.24, 2.45) is 11.3 Å². The summed E-state index contributed by atoms with van der Waals surface area (Å²) >= 11 is 0. The molecule has 394 valence electrons. The summed E-state index contributed by atoms with van der Waals surface area (Å²) in [6.07, 6.45) is 8.98. The van der Waals surface area contributed by atoms with Crippen molar-refractivity contribution in [2.75, 3.05) is 61.1 Å². The van der Waals surface area contributed by atoms with Crippen molar-refractivity contribution >= 4 is 55.4 Å². The number of sulfonamides is 1. The van der Waals surface area contributed by atoms with Crippen molar-refractivity contribution in [1.29, 1.82) is 0 Å². The van der Waals surface area contributed by atoms with Crippen LogP contribution in [0.25, 0.3) is 11.0 Å². The van der Waals surface area contributed by atoms with E-state index in [1.54, 1.807) is 19.1 Å². The number of ether oxygens (including phenoxy) is 3. The lowest BCUT2D eigenvalue weighted by atomic mass is 9.59. The van der Waals surface area contributed by atoms with Crippen molar-refractivity contribution in [3.8, 4) is 5.88 Å². The molecule has 3 aromatic carbocycles. The number of carbonyl (C=O) groups excluding carboxylic acids is 1. The summed E-state index contributed by atoms with van der Waals surface area (Å²) in [6.45, 7) is 12.6. The Morgan fingerprint density at radius 2 is 1.74 bits per heavy atom. The van der Waals surface area contributed by atoms with E-state index in [4.69, 9.17) is 19.2 Å². The van der Waals surface area contributed by atoms with E-state index in [1.165, 1.54) is 29.5 Å². The van der Waals surface area contributed by atoms with Gasteiger partial charge >= 0.3 is 0 Å². The number of aromatic nitrogens is 2. The lowest BCUT2D eigenvalue weighted by Crippen LogP contribution is -2.61. The Morgan fingerprint density at radius 1 is 0.973 bits per heavy atom. The quantitative estimate of drug-likeness (QED) is 0.0720. The van der Waals surface area contributed by atoms with Gasteiger partial charge in [0.05, 0.1) is 50.7 Å². The number of H-pyrrole nitrogens is 1. The van der Waals surface area contributed by atoms with Crippen LogP contribution in [-0.2, 0) is 19.5 Å².